The summed E-state index contributed by atoms with van der Waals surface area (Å²) >= 11 is 15.3. The van der Waals surface area contributed by atoms with Gasteiger partial charge in [-0.3, -0.25) is 9.36 Å². The third kappa shape index (κ3) is 5.76. The largest absolute Gasteiger partial charge is 0.325 e. The molecule has 0 bridgehead atoms. The van der Waals surface area contributed by atoms with Gasteiger partial charge in [-0.05, 0) is 85.3 Å². The predicted octanol–water partition coefficient (Wildman–Crippen LogP) is 8.56. The number of nitrogens with zero attached hydrogens (tertiary/aromatic N) is 4. The first-order valence-electron chi connectivity index (χ1n) is 12.3. The summed E-state index contributed by atoms with van der Waals surface area (Å²) in [6.45, 7) is 2.08. The van der Waals surface area contributed by atoms with Gasteiger partial charge in [0.05, 0.1) is 16.0 Å². The molecule has 2 aromatic heterocycles. The van der Waals surface area contributed by atoms with Crippen molar-refractivity contribution in [2.45, 2.75) is 12.1 Å². The van der Waals surface area contributed by atoms with Crippen LogP contribution >= 0.6 is 46.3 Å². The van der Waals surface area contributed by atoms with Crippen molar-refractivity contribution in [1.29, 1.82) is 0 Å². The van der Waals surface area contributed by atoms with E-state index in [4.69, 9.17) is 28.2 Å². The quantitative estimate of drug-likeness (QED) is 0.185. The van der Waals surface area contributed by atoms with E-state index in [1.165, 1.54) is 17.3 Å². The maximum absolute atomic E-state index is 12.9. The van der Waals surface area contributed by atoms with E-state index in [0.29, 0.717) is 26.7 Å². The molecule has 0 atom stereocenters. The van der Waals surface area contributed by atoms with Gasteiger partial charge in [0.15, 0.2) is 11.0 Å². The molecular weight excluding hydrogens is 581 g/mol. The van der Waals surface area contributed by atoms with Crippen LogP contribution in [-0.4, -0.2) is 31.4 Å². The highest BCUT2D eigenvalue weighted by Gasteiger charge is 2.18. The normalized spacial score (nSPS) is 11.2. The second kappa shape index (κ2) is 11.4. The molecule has 2 heterocycles. The zero-order chi connectivity index (χ0) is 27.6. The molecule has 6 aromatic rings. The van der Waals surface area contributed by atoms with Gasteiger partial charge in [-0.25, -0.2) is 4.98 Å². The SMILES string of the molecule is Cc1ccc2nc(-c3ccc(NC(=O)CSc4nnc(-c5cccc(Cl)c5)n4-c4ccc(Cl)cc4)cc3)sc2c1. The van der Waals surface area contributed by atoms with E-state index < -0.39 is 0 Å². The van der Waals surface area contributed by atoms with Gasteiger partial charge in [-0.2, -0.15) is 0 Å². The number of hydrogen-bond acceptors (Lipinski definition) is 6. The van der Waals surface area contributed by atoms with Crippen molar-refractivity contribution in [3.8, 4) is 27.6 Å². The maximum atomic E-state index is 12.9. The van der Waals surface area contributed by atoms with E-state index in [0.717, 1.165) is 32.0 Å². The van der Waals surface area contributed by atoms with Gasteiger partial charge in [-0.1, -0.05) is 53.2 Å². The number of thiazole rings is 1. The van der Waals surface area contributed by atoms with Crippen LogP contribution in [0, 0.1) is 6.92 Å². The summed E-state index contributed by atoms with van der Waals surface area (Å²) < 4.78 is 3.06. The first-order valence-corrected chi connectivity index (χ1v) is 14.9. The molecule has 10 heteroatoms. The van der Waals surface area contributed by atoms with Gasteiger partial charge >= 0.3 is 0 Å². The molecule has 6 rings (SSSR count). The molecule has 0 unspecified atom stereocenters. The summed E-state index contributed by atoms with van der Waals surface area (Å²) in [5.41, 5.74) is 5.57. The Hall–Kier alpha value is -3.69. The summed E-state index contributed by atoms with van der Waals surface area (Å²) in [5, 5.41) is 14.5. The first kappa shape index (κ1) is 26.5. The monoisotopic (exact) mass is 601 g/mol. The Morgan fingerprint density at radius 1 is 0.900 bits per heavy atom. The molecular formula is C30H21Cl2N5OS2. The molecule has 0 aliphatic carbocycles. The van der Waals surface area contributed by atoms with E-state index >= 15 is 0 Å². The van der Waals surface area contributed by atoms with E-state index in [9.17, 15) is 4.79 Å². The number of nitrogens with one attached hydrogen (secondary N) is 1. The molecule has 0 saturated carbocycles. The number of carbonyl (C=O) groups is 1. The maximum Gasteiger partial charge on any atom is 0.234 e. The summed E-state index contributed by atoms with van der Waals surface area (Å²) in [6, 6.07) is 28.8. The summed E-state index contributed by atoms with van der Waals surface area (Å²) in [6.07, 6.45) is 0. The van der Waals surface area contributed by atoms with Crippen molar-refractivity contribution >= 4 is 68.1 Å². The zero-order valence-electron chi connectivity index (χ0n) is 21.1. The third-order valence-corrected chi connectivity index (χ3v) is 8.58. The molecule has 0 aliphatic rings. The minimum Gasteiger partial charge on any atom is -0.325 e. The Balaban J connectivity index is 1.17. The van der Waals surface area contributed by atoms with E-state index in [1.54, 1.807) is 29.5 Å². The van der Waals surface area contributed by atoms with Crippen LogP contribution in [0.5, 0.6) is 0 Å². The fraction of sp³-hybridized carbons (Fsp3) is 0.0667. The Morgan fingerprint density at radius 3 is 2.48 bits per heavy atom. The van der Waals surface area contributed by atoms with Gasteiger partial charge in [0.2, 0.25) is 5.91 Å². The number of benzene rings is 4. The Morgan fingerprint density at radius 2 is 1.70 bits per heavy atom. The van der Waals surface area contributed by atoms with Crippen molar-refractivity contribution < 1.29 is 4.79 Å². The molecule has 198 valence electrons. The lowest BCUT2D eigenvalue weighted by molar-refractivity contribution is -0.113. The summed E-state index contributed by atoms with van der Waals surface area (Å²) in [4.78, 5) is 17.6. The Labute approximate surface area is 249 Å². The highest BCUT2D eigenvalue weighted by Crippen LogP contribution is 2.32. The van der Waals surface area contributed by atoms with Crippen LogP contribution in [0.25, 0.3) is 37.9 Å². The topological polar surface area (TPSA) is 72.7 Å². The summed E-state index contributed by atoms with van der Waals surface area (Å²) in [5.74, 6) is 0.622. The van der Waals surface area contributed by atoms with Crippen molar-refractivity contribution in [3.63, 3.8) is 0 Å². The molecule has 0 aliphatic heterocycles. The number of anilines is 1. The van der Waals surface area contributed by atoms with Gasteiger partial charge in [-0.15, -0.1) is 21.5 Å². The van der Waals surface area contributed by atoms with Crippen LogP contribution in [0.4, 0.5) is 5.69 Å². The number of rotatable bonds is 7. The number of aromatic nitrogens is 4. The van der Waals surface area contributed by atoms with Gasteiger partial charge in [0.25, 0.3) is 0 Å². The van der Waals surface area contributed by atoms with Gasteiger partial charge in [0.1, 0.15) is 5.01 Å². The van der Waals surface area contributed by atoms with E-state index in [1.807, 2.05) is 65.2 Å². The van der Waals surface area contributed by atoms with E-state index in [2.05, 4.69) is 34.6 Å². The van der Waals surface area contributed by atoms with E-state index in [-0.39, 0.29) is 11.7 Å². The molecule has 0 radical (unpaired) electrons. The molecule has 4 aromatic carbocycles. The predicted molar refractivity (Wildman–Crippen MR) is 166 cm³/mol. The first-order chi connectivity index (χ1) is 19.4. The van der Waals surface area contributed by atoms with Crippen molar-refractivity contribution in [2.24, 2.45) is 0 Å². The number of aryl methyl sites for hydroxylation is 1. The fourth-order valence-corrected chi connectivity index (χ4v) is 6.32. The molecule has 1 N–H and O–H groups in total. The van der Waals surface area contributed by atoms with Crippen LogP contribution in [0.15, 0.2) is 96.2 Å². The highest BCUT2D eigenvalue weighted by molar-refractivity contribution is 7.99. The highest BCUT2D eigenvalue weighted by atomic mass is 35.5. The Bertz CT molecular complexity index is 1830. The lowest BCUT2D eigenvalue weighted by atomic mass is 10.2. The van der Waals surface area contributed by atoms with Gasteiger partial charge in [0, 0.05) is 32.5 Å². The minimum atomic E-state index is -0.150. The van der Waals surface area contributed by atoms with Crippen LogP contribution < -0.4 is 5.32 Å². The Kier molecular flexibility index (Phi) is 7.58. The van der Waals surface area contributed by atoms with Crippen LogP contribution in [-0.2, 0) is 4.79 Å². The number of thioether (sulfide) groups is 1. The molecule has 0 saturated heterocycles. The number of amides is 1. The molecule has 1 amide bonds. The third-order valence-electron chi connectivity index (χ3n) is 6.09. The molecule has 0 spiro atoms. The molecule has 6 nitrogen and oxygen atoms in total. The molecule has 40 heavy (non-hydrogen) atoms. The van der Waals surface area contributed by atoms with Crippen LogP contribution in [0.3, 0.4) is 0 Å². The van der Waals surface area contributed by atoms with Crippen LogP contribution in [0.1, 0.15) is 5.56 Å². The second-order valence-electron chi connectivity index (χ2n) is 9.03. The van der Waals surface area contributed by atoms with Crippen LogP contribution in [0.2, 0.25) is 10.0 Å². The fourth-order valence-electron chi connectivity index (χ4n) is 4.18. The number of hydrogen-bond donors (Lipinski definition) is 1. The zero-order valence-corrected chi connectivity index (χ0v) is 24.3. The average Bonchev–Trinajstić information content (AvgIpc) is 3.57. The van der Waals surface area contributed by atoms with Crippen molar-refractivity contribution in [2.75, 3.05) is 11.1 Å². The summed E-state index contributed by atoms with van der Waals surface area (Å²) in [7, 11) is 0. The second-order valence-corrected chi connectivity index (χ2v) is 11.9. The average molecular weight is 603 g/mol. The van der Waals surface area contributed by atoms with Crippen molar-refractivity contribution in [3.05, 3.63) is 107 Å². The lowest BCUT2D eigenvalue weighted by Gasteiger charge is -2.11. The minimum absolute atomic E-state index is 0.150. The molecule has 0 fully saturated rings. The number of fused-ring (bicyclic) bond motifs is 1. The number of halogens is 2. The lowest BCUT2D eigenvalue weighted by Crippen LogP contribution is -2.14. The van der Waals surface area contributed by atoms with Crippen molar-refractivity contribution in [1.82, 2.24) is 19.7 Å². The number of carbonyl (C=O) groups excluding carboxylic acids is 1. The van der Waals surface area contributed by atoms with Gasteiger partial charge < -0.3 is 5.32 Å². The standard InChI is InChI=1S/C30H21Cl2N5OS2/c1-18-5-14-25-26(15-18)40-29(34-25)19-6-10-23(11-7-19)33-27(38)17-39-30-36-35-28(20-3-2-4-22(32)16-20)37(30)24-12-8-21(31)9-13-24/h2-16H,17H2,1H3,(H,33,38). The smallest absolute Gasteiger partial charge is 0.234 e.